The van der Waals surface area contributed by atoms with E-state index >= 15 is 0 Å². The van der Waals surface area contributed by atoms with E-state index in [0.717, 1.165) is 18.1 Å². The summed E-state index contributed by atoms with van der Waals surface area (Å²) in [7, 11) is 3.28. The molecular weight excluding hydrogens is 252 g/mol. The molecule has 1 aromatic carbocycles. The Bertz CT molecular complexity index is 482. The van der Waals surface area contributed by atoms with E-state index in [2.05, 4.69) is 11.0 Å². The molecule has 3 saturated heterocycles. The van der Waals surface area contributed by atoms with Crippen molar-refractivity contribution in [3.05, 3.63) is 17.7 Å². The Balaban J connectivity index is 1.79. The van der Waals surface area contributed by atoms with Crippen LogP contribution in [0.25, 0.3) is 0 Å². The highest BCUT2D eigenvalue weighted by atomic mass is 16.5. The first-order chi connectivity index (χ1) is 9.71. The third-order valence-electron chi connectivity index (χ3n) is 4.81. The van der Waals surface area contributed by atoms with E-state index in [1.807, 2.05) is 6.07 Å². The molecule has 4 rings (SSSR count). The Labute approximate surface area is 120 Å². The van der Waals surface area contributed by atoms with Crippen LogP contribution < -0.4 is 15.2 Å². The number of benzene rings is 1. The van der Waals surface area contributed by atoms with E-state index in [9.17, 15) is 0 Å². The maximum atomic E-state index is 6.07. The van der Waals surface area contributed by atoms with Crippen molar-refractivity contribution < 1.29 is 9.47 Å². The molecule has 3 fully saturated rings. The van der Waals surface area contributed by atoms with Crippen LogP contribution in [0.3, 0.4) is 0 Å². The molecule has 0 aliphatic carbocycles. The number of anilines is 1. The zero-order valence-electron chi connectivity index (χ0n) is 12.4. The van der Waals surface area contributed by atoms with E-state index in [4.69, 9.17) is 15.2 Å². The summed E-state index contributed by atoms with van der Waals surface area (Å²) in [6.07, 6.45) is 5.14. The van der Waals surface area contributed by atoms with Gasteiger partial charge in [-0.25, -0.2) is 0 Å². The quantitative estimate of drug-likeness (QED) is 0.857. The third-order valence-corrected chi connectivity index (χ3v) is 4.81. The number of hydrogen-bond donors (Lipinski definition) is 1. The first-order valence-corrected chi connectivity index (χ1v) is 7.45. The largest absolute Gasteiger partial charge is 0.493 e. The van der Waals surface area contributed by atoms with Gasteiger partial charge in [0.1, 0.15) is 0 Å². The van der Waals surface area contributed by atoms with E-state index in [-0.39, 0.29) is 0 Å². The first kappa shape index (κ1) is 13.6. The average molecular weight is 276 g/mol. The monoisotopic (exact) mass is 276 g/mol. The molecule has 1 atom stereocenters. The molecule has 0 radical (unpaired) electrons. The van der Waals surface area contributed by atoms with Gasteiger partial charge in [0.2, 0.25) is 0 Å². The predicted octanol–water partition coefficient (Wildman–Crippen LogP) is 2.31. The number of nitrogens with two attached hydrogens (primary N) is 1. The number of fused-ring (bicyclic) bond motifs is 3. The Morgan fingerprint density at radius 2 is 1.95 bits per heavy atom. The van der Waals surface area contributed by atoms with E-state index < -0.39 is 0 Å². The molecule has 1 unspecified atom stereocenters. The molecule has 1 aromatic rings. The number of piperidine rings is 3. The topological polar surface area (TPSA) is 47.7 Å². The first-order valence-electron chi connectivity index (χ1n) is 7.45. The predicted molar refractivity (Wildman–Crippen MR) is 80.4 cm³/mol. The number of hydrogen-bond acceptors (Lipinski definition) is 4. The molecule has 4 nitrogen and oxygen atoms in total. The lowest BCUT2D eigenvalue weighted by Gasteiger charge is -2.45. The number of methoxy groups -OCH3 is 2. The molecule has 2 N–H and O–H groups in total. The molecule has 3 aliphatic rings. The standard InChI is InChI=1S/C16H24N2O2/c1-19-15-10-12(9-14(17)16(15)20-2)8-13-7-11-3-5-18(13)6-4-11/h9-11,13H,3-8,17H2,1-2H3. The smallest absolute Gasteiger partial charge is 0.183 e. The second kappa shape index (κ2) is 5.52. The second-order valence-corrected chi connectivity index (χ2v) is 5.99. The highest BCUT2D eigenvalue weighted by molar-refractivity contribution is 5.62. The van der Waals surface area contributed by atoms with Gasteiger partial charge in [-0.3, -0.25) is 0 Å². The summed E-state index contributed by atoms with van der Waals surface area (Å²) in [4.78, 5) is 2.63. The number of rotatable bonds is 4. The molecule has 20 heavy (non-hydrogen) atoms. The fraction of sp³-hybridized carbons (Fsp3) is 0.625. The van der Waals surface area contributed by atoms with Crippen LogP contribution in [0.15, 0.2) is 12.1 Å². The molecule has 110 valence electrons. The van der Waals surface area contributed by atoms with Crippen LogP contribution in [-0.2, 0) is 6.42 Å². The van der Waals surface area contributed by atoms with Gasteiger partial charge in [-0.1, -0.05) is 0 Å². The lowest BCUT2D eigenvalue weighted by Crippen LogP contribution is -2.49. The molecule has 2 bridgehead atoms. The van der Waals surface area contributed by atoms with Crippen LogP contribution in [-0.4, -0.2) is 38.3 Å². The van der Waals surface area contributed by atoms with Crippen molar-refractivity contribution in [2.75, 3.05) is 33.0 Å². The zero-order chi connectivity index (χ0) is 14.1. The van der Waals surface area contributed by atoms with E-state index in [1.54, 1.807) is 14.2 Å². The summed E-state index contributed by atoms with van der Waals surface area (Å²) < 4.78 is 10.7. The van der Waals surface area contributed by atoms with Crippen molar-refractivity contribution in [3.63, 3.8) is 0 Å². The molecule has 0 spiro atoms. The van der Waals surface area contributed by atoms with Crippen LogP contribution in [0, 0.1) is 5.92 Å². The Morgan fingerprint density at radius 1 is 1.20 bits per heavy atom. The minimum atomic E-state index is 0.640. The van der Waals surface area contributed by atoms with Gasteiger partial charge in [-0.2, -0.15) is 0 Å². The average Bonchev–Trinajstić information content (AvgIpc) is 2.48. The molecule has 0 saturated carbocycles. The fourth-order valence-corrected chi connectivity index (χ4v) is 3.74. The Hall–Kier alpha value is -1.42. The summed E-state index contributed by atoms with van der Waals surface area (Å²) in [6, 6.07) is 4.77. The molecule has 3 aliphatic heterocycles. The molecule has 0 amide bonds. The van der Waals surface area contributed by atoms with Gasteiger partial charge >= 0.3 is 0 Å². The third kappa shape index (κ3) is 2.44. The normalized spacial score (nSPS) is 28.4. The summed E-state index contributed by atoms with van der Waals surface area (Å²) >= 11 is 0. The minimum Gasteiger partial charge on any atom is -0.493 e. The van der Waals surface area contributed by atoms with Gasteiger partial charge in [0, 0.05) is 6.04 Å². The second-order valence-electron chi connectivity index (χ2n) is 5.99. The van der Waals surface area contributed by atoms with Gasteiger partial charge in [0.25, 0.3) is 0 Å². The number of nitrogen functional groups attached to an aromatic ring is 1. The minimum absolute atomic E-state index is 0.640. The Morgan fingerprint density at radius 3 is 2.50 bits per heavy atom. The van der Waals surface area contributed by atoms with Crippen LogP contribution in [0.2, 0.25) is 0 Å². The van der Waals surface area contributed by atoms with Crippen LogP contribution >= 0.6 is 0 Å². The van der Waals surface area contributed by atoms with Crippen LogP contribution in [0.4, 0.5) is 5.69 Å². The number of nitrogens with zero attached hydrogens (tertiary/aromatic N) is 1. The fourth-order valence-electron chi connectivity index (χ4n) is 3.74. The Kier molecular flexibility index (Phi) is 3.74. The molecule has 3 heterocycles. The van der Waals surface area contributed by atoms with Gasteiger partial charge in [0.05, 0.1) is 19.9 Å². The van der Waals surface area contributed by atoms with Crippen molar-refractivity contribution >= 4 is 5.69 Å². The lowest BCUT2D eigenvalue weighted by atomic mass is 9.81. The summed E-state index contributed by atoms with van der Waals surface area (Å²) in [5.74, 6) is 2.31. The SMILES string of the molecule is COc1cc(CC2CC3CCN2CC3)cc(N)c1OC. The highest BCUT2D eigenvalue weighted by Gasteiger charge is 2.33. The van der Waals surface area contributed by atoms with Crippen molar-refractivity contribution in [3.8, 4) is 11.5 Å². The van der Waals surface area contributed by atoms with Gasteiger partial charge in [0.15, 0.2) is 11.5 Å². The van der Waals surface area contributed by atoms with E-state index in [0.29, 0.717) is 17.5 Å². The van der Waals surface area contributed by atoms with Gasteiger partial charge in [-0.05, 0) is 62.4 Å². The van der Waals surface area contributed by atoms with Gasteiger partial charge < -0.3 is 20.1 Å². The summed E-state index contributed by atoms with van der Waals surface area (Å²) in [6.45, 7) is 2.52. The van der Waals surface area contributed by atoms with E-state index in [1.165, 1.54) is 37.9 Å². The summed E-state index contributed by atoms with van der Waals surface area (Å²) in [5.41, 5.74) is 7.98. The molecular formula is C16H24N2O2. The zero-order valence-corrected chi connectivity index (χ0v) is 12.4. The van der Waals surface area contributed by atoms with Crippen molar-refractivity contribution in [1.82, 2.24) is 4.90 Å². The van der Waals surface area contributed by atoms with Crippen molar-refractivity contribution in [1.29, 1.82) is 0 Å². The van der Waals surface area contributed by atoms with Crippen molar-refractivity contribution in [2.24, 2.45) is 5.92 Å². The number of ether oxygens (including phenoxy) is 2. The molecule has 0 aromatic heterocycles. The molecule has 4 heteroatoms. The van der Waals surface area contributed by atoms with Gasteiger partial charge in [-0.15, -0.1) is 0 Å². The van der Waals surface area contributed by atoms with Crippen LogP contribution in [0.1, 0.15) is 24.8 Å². The maximum Gasteiger partial charge on any atom is 0.183 e. The maximum absolute atomic E-state index is 6.07. The lowest BCUT2D eigenvalue weighted by molar-refractivity contribution is 0.0498. The summed E-state index contributed by atoms with van der Waals surface area (Å²) in [5, 5.41) is 0. The van der Waals surface area contributed by atoms with Crippen LogP contribution in [0.5, 0.6) is 11.5 Å². The van der Waals surface area contributed by atoms with Crippen molar-refractivity contribution in [2.45, 2.75) is 31.7 Å². The highest BCUT2D eigenvalue weighted by Crippen LogP contribution is 2.37.